The van der Waals surface area contributed by atoms with E-state index in [1.54, 1.807) is 12.0 Å². The molecule has 1 N–H and O–H groups in total. The van der Waals surface area contributed by atoms with Gasteiger partial charge in [-0.3, -0.25) is 9.69 Å². The van der Waals surface area contributed by atoms with Crippen LogP contribution in [0.25, 0.3) is 0 Å². The molecule has 4 rings (SSSR count). The lowest BCUT2D eigenvalue weighted by atomic mass is 10.1. The molecule has 0 saturated carbocycles. The Morgan fingerprint density at radius 3 is 2.38 bits per heavy atom. The standard InChI is InChI=1S/C28H31N3O3/c1-20-14-21(2)16-23(15-20)19-30-12-5-13-31(28(30)33)25-7-4-6-24(18-25)29-27(32)17-22-8-10-26(34-3)11-9-22/h4,6-11,14-16,18H,5,12-13,17,19H2,1-3H3,(H,29,32). The second-order valence-corrected chi connectivity index (χ2v) is 8.83. The van der Waals surface area contributed by atoms with Gasteiger partial charge in [-0.2, -0.15) is 0 Å². The molecule has 3 aromatic rings. The molecule has 0 bridgehead atoms. The fourth-order valence-electron chi connectivity index (χ4n) is 4.43. The zero-order valence-corrected chi connectivity index (χ0v) is 20.0. The molecule has 176 valence electrons. The monoisotopic (exact) mass is 457 g/mol. The number of benzene rings is 3. The first-order valence-corrected chi connectivity index (χ1v) is 11.6. The van der Waals surface area contributed by atoms with Gasteiger partial charge in [-0.1, -0.05) is 47.5 Å². The van der Waals surface area contributed by atoms with Crippen LogP contribution in [0.15, 0.2) is 66.7 Å². The number of carbonyl (C=O) groups excluding carboxylic acids is 2. The number of nitrogens with one attached hydrogen (secondary N) is 1. The summed E-state index contributed by atoms with van der Waals surface area (Å²) in [5.41, 5.74) is 5.92. The number of hydrogen-bond acceptors (Lipinski definition) is 3. The minimum absolute atomic E-state index is 0.00730. The van der Waals surface area contributed by atoms with Crippen molar-refractivity contribution in [2.24, 2.45) is 0 Å². The van der Waals surface area contributed by atoms with Gasteiger partial charge in [0.2, 0.25) is 5.91 Å². The summed E-state index contributed by atoms with van der Waals surface area (Å²) in [5.74, 6) is 0.651. The van der Waals surface area contributed by atoms with Crippen LogP contribution in [0.3, 0.4) is 0 Å². The number of methoxy groups -OCH3 is 1. The summed E-state index contributed by atoms with van der Waals surface area (Å²) in [6.45, 7) is 6.15. The molecule has 1 aliphatic rings. The van der Waals surface area contributed by atoms with Crippen molar-refractivity contribution in [2.45, 2.75) is 33.2 Å². The molecular weight excluding hydrogens is 426 g/mol. The summed E-state index contributed by atoms with van der Waals surface area (Å²) in [6, 6.07) is 21.3. The van der Waals surface area contributed by atoms with Crippen LogP contribution in [-0.4, -0.2) is 37.0 Å². The Bertz CT molecular complexity index is 1150. The molecule has 0 aliphatic carbocycles. The van der Waals surface area contributed by atoms with Crippen LogP contribution >= 0.6 is 0 Å². The van der Waals surface area contributed by atoms with Gasteiger partial charge in [0.25, 0.3) is 0 Å². The second-order valence-electron chi connectivity index (χ2n) is 8.83. The number of aryl methyl sites for hydroxylation is 2. The molecule has 0 unspecified atom stereocenters. The molecular formula is C28H31N3O3. The van der Waals surface area contributed by atoms with E-state index in [1.165, 1.54) is 11.1 Å². The summed E-state index contributed by atoms with van der Waals surface area (Å²) >= 11 is 0. The van der Waals surface area contributed by atoms with Crippen LogP contribution in [0, 0.1) is 13.8 Å². The first-order valence-electron chi connectivity index (χ1n) is 11.6. The summed E-state index contributed by atoms with van der Waals surface area (Å²) in [6.07, 6.45) is 1.16. The van der Waals surface area contributed by atoms with Crippen LogP contribution in [0.4, 0.5) is 16.2 Å². The van der Waals surface area contributed by atoms with Crippen LogP contribution in [0.5, 0.6) is 5.75 Å². The zero-order chi connectivity index (χ0) is 24.1. The van der Waals surface area contributed by atoms with Crippen LogP contribution in [0.1, 0.15) is 28.7 Å². The number of rotatable bonds is 7. The Morgan fingerprint density at radius 2 is 1.68 bits per heavy atom. The van der Waals surface area contributed by atoms with E-state index < -0.39 is 0 Å². The molecule has 1 fully saturated rings. The summed E-state index contributed by atoms with van der Waals surface area (Å²) in [7, 11) is 1.62. The van der Waals surface area contributed by atoms with E-state index in [0.717, 1.165) is 35.5 Å². The summed E-state index contributed by atoms with van der Waals surface area (Å²) in [5, 5.41) is 2.96. The second kappa shape index (κ2) is 10.4. The zero-order valence-electron chi connectivity index (χ0n) is 20.0. The highest BCUT2D eigenvalue weighted by atomic mass is 16.5. The molecule has 3 amide bonds. The van der Waals surface area contributed by atoms with Crippen molar-refractivity contribution in [3.8, 4) is 5.75 Å². The Kier molecular flexibility index (Phi) is 7.16. The summed E-state index contributed by atoms with van der Waals surface area (Å²) < 4.78 is 5.16. The van der Waals surface area contributed by atoms with E-state index in [9.17, 15) is 9.59 Å². The highest BCUT2D eigenvalue weighted by molar-refractivity contribution is 5.95. The Hall–Kier alpha value is -3.80. The van der Waals surface area contributed by atoms with Gasteiger partial charge in [-0.25, -0.2) is 4.79 Å². The predicted octanol–water partition coefficient (Wildman–Crippen LogP) is 5.33. The van der Waals surface area contributed by atoms with Gasteiger partial charge >= 0.3 is 6.03 Å². The van der Waals surface area contributed by atoms with Crippen molar-refractivity contribution in [1.82, 2.24) is 4.90 Å². The Morgan fingerprint density at radius 1 is 0.941 bits per heavy atom. The van der Waals surface area contributed by atoms with E-state index in [2.05, 4.69) is 37.4 Å². The quantitative estimate of drug-likeness (QED) is 0.522. The van der Waals surface area contributed by atoms with Crippen molar-refractivity contribution in [1.29, 1.82) is 0 Å². The SMILES string of the molecule is COc1ccc(CC(=O)Nc2cccc(N3CCCN(Cc4cc(C)cc(C)c4)C3=O)c2)cc1. The molecule has 6 nitrogen and oxygen atoms in total. The average molecular weight is 458 g/mol. The van der Waals surface area contributed by atoms with Crippen molar-refractivity contribution < 1.29 is 14.3 Å². The number of hydrogen-bond donors (Lipinski definition) is 1. The number of anilines is 2. The fourth-order valence-corrected chi connectivity index (χ4v) is 4.43. The van der Waals surface area contributed by atoms with Gasteiger partial charge < -0.3 is 15.0 Å². The summed E-state index contributed by atoms with van der Waals surface area (Å²) in [4.78, 5) is 29.5. The van der Waals surface area contributed by atoms with E-state index >= 15 is 0 Å². The fraction of sp³-hybridized carbons (Fsp3) is 0.286. The van der Waals surface area contributed by atoms with Crippen molar-refractivity contribution >= 4 is 23.3 Å². The van der Waals surface area contributed by atoms with Crippen LogP contribution < -0.4 is 15.0 Å². The van der Waals surface area contributed by atoms with Gasteiger partial charge in [-0.05, 0) is 61.7 Å². The maximum absolute atomic E-state index is 13.3. The van der Waals surface area contributed by atoms with Gasteiger partial charge in [0.05, 0.1) is 13.5 Å². The topological polar surface area (TPSA) is 61.9 Å². The smallest absolute Gasteiger partial charge is 0.324 e. The van der Waals surface area contributed by atoms with Crippen molar-refractivity contribution in [2.75, 3.05) is 30.4 Å². The lowest BCUT2D eigenvalue weighted by Gasteiger charge is -2.36. The molecule has 6 heteroatoms. The van der Waals surface area contributed by atoms with E-state index in [-0.39, 0.29) is 18.4 Å². The number of urea groups is 1. The molecule has 3 aromatic carbocycles. The van der Waals surface area contributed by atoms with Crippen molar-refractivity contribution in [3.63, 3.8) is 0 Å². The largest absolute Gasteiger partial charge is 0.497 e. The number of amides is 3. The normalized spacial score (nSPS) is 13.7. The highest BCUT2D eigenvalue weighted by Crippen LogP contribution is 2.25. The van der Waals surface area contributed by atoms with E-state index in [0.29, 0.717) is 18.8 Å². The van der Waals surface area contributed by atoms with Crippen molar-refractivity contribution in [3.05, 3.63) is 89.0 Å². The van der Waals surface area contributed by atoms with Gasteiger partial charge in [0.1, 0.15) is 5.75 Å². The lowest BCUT2D eigenvalue weighted by Crippen LogP contribution is -2.49. The van der Waals surface area contributed by atoms with Gasteiger partial charge in [0, 0.05) is 31.0 Å². The lowest BCUT2D eigenvalue weighted by molar-refractivity contribution is -0.115. The molecule has 1 saturated heterocycles. The van der Waals surface area contributed by atoms with Gasteiger partial charge in [-0.15, -0.1) is 0 Å². The molecule has 0 aromatic heterocycles. The van der Waals surface area contributed by atoms with E-state index in [1.807, 2.05) is 53.4 Å². The molecule has 1 heterocycles. The third kappa shape index (κ3) is 5.76. The third-order valence-electron chi connectivity index (χ3n) is 5.93. The average Bonchev–Trinajstić information content (AvgIpc) is 2.80. The number of carbonyl (C=O) groups is 2. The first kappa shape index (κ1) is 23.4. The predicted molar refractivity (Wildman–Crippen MR) is 135 cm³/mol. The van der Waals surface area contributed by atoms with E-state index in [4.69, 9.17) is 4.74 Å². The molecule has 0 spiro atoms. The Labute approximate surface area is 201 Å². The van der Waals surface area contributed by atoms with Crippen LogP contribution in [0.2, 0.25) is 0 Å². The minimum atomic E-state index is -0.108. The number of nitrogens with zero attached hydrogens (tertiary/aromatic N) is 2. The third-order valence-corrected chi connectivity index (χ3v) is 5.93. The molecule has 34 heavy (non-hydrogen) atoms. The Balaban J connectivity index is 1.42. The number of ether oxygens (including phenoxy) is 1. The maximum Gasteiger partial charge on any atom is 0.324 e. The molecule has 0 atom stereocenters. The molecule has 1 aliphatic heterocycles. The maximum atomic E-state index is 13.3. The highest BCUT2D eigenvalue weighted by Gasteiger charge is 2.27. The molecule has 0 radical (unpaired) electrons. The minimum Gasteiger partial charge on any atom is -0.497 e. The first-order chi connectivity index (χ1) is 16.4. The van der Waals surface area contributed by atoms with Crippen LogP contribution in [-0.2, 0) is 17.8 Å². The van der Waals surface area contributed by atoms with Gasteiger partial charge in [0.15, 0.2) is 0 Å².